The third-order valence-electron chi connectivity index (χ3n) is 3.43. The van der Waals surface area contributed by atoms with E-state index in [-0.39, 0.29) is 11.8 Å². The predicted octanol–water partition coefficient (Wildman–Crippen LogP) is -0.611. The molecule has 0 saturated carbocycles. The van der Waals surface area contributed by atoms with Gasteiger partial charge in [0, 0.05) is 25.7 Å². The highest BCUT2D eigenvalue weighted by atomic mass is 32.2. The van der Waals surface area contributed by atoms with Gasteiger partial charge < -0.3 is 15.4 Å². The quantitative estimate of drug-likeness (QED) is 0.647. The van der Waals surface area contributed by atoms with Gasteiger partial charge in [0.15, 0.2) is 9.84 Å². The van der Waals surface area contributed by atoms with Gasteiger partial charge >= 0.3 is 0 Å². The van der Waals surface area contributed by atoms with Gasteiger partial charge in [-0.25, -0.2) is 8.42 Å². The summed E-state index contributed by atoms with van der Waals surface area (Å²) in [4.78, 5) is 0. The molecule has 2 N–H and O–H groups in total. The van der Waals surface area contributed by atoms with Gasteiger partial charge in [0.2, 0.25) is 0 Å². The summed E-state index contributed by atoms with van der Waals surface area (Å²) in [6.45, 7) is 4.21. The van der Waals surface area contributed by atoms with E-state index in [1.54, 1.807) is 0 Å². The summed E-state index contributed by atoms with van der Waals surface area (Å²) >= 11 is 0. The van der Waals surface area contributed by atoms with E-state index in [1.807, 2.05) is 0 Å². The molecule has 2 atom stereocenters. The van der Waals surface area contributed by atoms with Crippen LogP contribution in [0.4, 0.5) is 0 Å². The third kappa shape index (κ3) is 4.54. The van der Waals surface area contributed by atoms with Crippen molar-refractivity contribution >= 4 is 9.84 Å². The van der Waals surface area contributed by atoms with Crippen LogP contribution in [0.2, 0.25) is 0 Å². The van der Waals surface area contributed by atoms with Gasteiger partial charge in [-0.1, -0.05) is 0 Å². The first-order valence-electron chi connectivity index (χ1n) is 6.38. The lowest BCUT2D eigenvalue weighted by molar-refractivity contribution is 0.185. The van der Waals surface area contributed by atoms with Crippen molar-refractivity contribution in [2.45, 2.75) is 18.9 Å². The van der Waals surface area contributed by atoms with Gasteiger partial charge in [0.1, 0.15) is 0 Å². The maximum Gasteiger partial charge on any atom is 0.153 e. The molecule has 0 aliphatic carbocycles. The predicted molar refractivity (Wildman–Crippen MR) is 66.9 cm³/mol. The average molecular weight is 262 g/mol. The Bertz CT molecular complexity index is 326. The lowest BCUT2D eigenvalue weighted by Crippen LogP contribution is -2.46. The number of sulfone groups is 1. The molecule has 2 unspecified atom stereocenters. The molecule has 2 rings (SSSR count). The van der Waals surface area contributed by atoms with Crippen LogP contribution in [0.3, 0.4) is 0 Å². The molecule has 17 heavy (non-hydrogen) atoms. The molecule has 0 aromatic heterocycles. The first-order chi connectivity index (χ1) is 8.16. The second kappa shape index (κ2) is 6.13. The van der Waals surface area contributed by atoms with Gasteiger partial charge in [0.25, 0.3) is 0 Å². The summed E-state index contributed by atoms with van der Waals surface area (Å²) in [6.07, 6.45) is 2.02. The largest absolute Gasteiger partial charge is 0.381 e. The van der Waals surface area contributed by atoms with Crippen molar-refractivity contribution < 1.29 is 13.2 Å². The Hall–Kier alpha value is -0.170. The van der Waals surface area contributed by atoms with Crippen LogP contribution >= 0.6 is 0 Å². The van der Waals surface area contributed by atoms with Crippen LogP contribution in [0.1, 0.15) is 12.8 Å². The fourth-order valence-electron chi connectivity index (χ4n) is 2.38. The van der Waals surface area contributed by atoms with E-state index in [0.29, 0.717) is 18.2 Å². The van der Waals surface area contributed by atoms with E-state index >= 15 is 0 Å². The van der Waals surface area contributed by atoms with Crippen LogP contribution in [-0.4, -0.2) is 58.8 Å². The maximum absolute atomic E-state index is 11.4. The molecule has 2 fully saturated rings. The van der Waals surface area contributed by atoms with Crippen molar-refractivity contribution in [1.82, 2.24) is 10.6 Å². The van der Waals surface area contributed by atoms with Crippen LogP contribution in [0, 0.1) is 5.92 Å². The Morgan fingerprint density at radius 3 is 3.00 bits per heavy atom. The summed E-state index contributed by atoms with van der Waals surface area (Å²) in [5.41, 5.74) is 0. The van der Waals surface area contributed by atoms with Crippen LogP contribution in [-0.2, 0) is 14.6 Å². The Morgan fingerprint density at radius 1 is 1.41 bits per heavy atom. The fourth-order valence-corrected chi connectivity index (χ4v) is 3.87. The summed E-state index contributed by atoms with van der Waals surface area (Å²) in [6, 6.07) is 0.126. The van der Waals surface area contributed by atoms with E-state index in [2.05, 4.69) is 10.6 Å². The Kier molecular flexibility index (Phi) is 4.78. The highest BCUT2D eigenvalue weighted by molar-refractivity contribution is 7.91. The minimum Gasteiger partial charge on any atom is -0.381 e. The van der Waals surface area contributed by atoms with Crippen molar-refractivity contribution in [2.75, 3.05) is 44.4 Å². The monoisotopic (exact) mass is 262 g/mol. The topological polar surface area (TPSA) is 67.4 Å². The number of hydrogen-bond donors (Lipinski definition) is 2. The second-order valence-corrected chi connectivity index (χ2v) is 7.22. The molecule has 2 saturated heterocycles. The summed E-state index contributed by atoms with van der Waals surface area (Å²) in [5, 5.41) is 6.65. The number of hydrogen-bond acceptors (Lipinski definition) is 5. The van der Waals surface area contributed by atoms with Gasteiger partial charge in [0.05, 0.1) is 18.1 Å². The van der Waals surface area contributed by atoms with Gasteiger partial charge in [-0.3, -0.25) is 0 Å². The summed E-state index contributed by atoms with van der Waals surface area (Å²) < 4.78 is 28.2. The zero-order valence-corrected chi connectivity index (χ0v) is 11.0. The van der Waals surface area contributed by atoms with Gasteiger partial charge in [-0.2, -0.15) is 0 Å². The third-order valence-corrected chi connectivity index (χ3v) is 5.16. The lowest BCUT2D eigenvalue weighted by atomic mass is 10.1. The molecule has 0 aromatic carbocycles. The maximum atomic E-state index is 11.4. The summed E-state index contributed by atoms with van der Waals surface area (Å²) in [7, 11) is -2.79. The van der Waals surface area contributed by atoms with E-state index in [0.717, 1.165) is 39.1 Å². The lowest BCUT2D eigenvalue weighted by Gasteiger charge is -2.23. The molecule has 100 valence electrons. The van der Waals surface area contributed by atoms with Crippen LogP contribution < -0.4 is 10.6 Å². The van der Waals surface area contributed by atoms with E-state index in [4.69, 9.17) is 4.74 Å². The van der Waals surface area contributed by atoms with Gasteiger partial charge in [-0.15, -0.1) is 0 Å². The molecule has 0 bridgehead atoms. The average Bonchev–Trinajstić information content (AvgIpc) is 2.76. The van der Waals surface area contributed by atoms with Crippen molar-refractivity contribution in [3.05, 3.63) is 0 Å². The highest BCUT2D eigenvalue weighted by Gasteiger charge is 2.23. The Labute approximate surface area is 103 Å². The van der Waals surface area contributed by atoms with E-state index < -0.39 is 9.84 Å². The number of rotatable bonds is 5. The second-order valence-electron chi connectivity index (χ2n) is 4.99. The molecule has 2 aliphatic rings. The van der Waals surface area contributed by atoms with E-state index in [9.17, 15) is 8.42 Å². The smallest absolute Gasteiger partial charge is 0.153 e. The van der Waals surface area contributed by atoms with Crippen molar-refractivity contribution in [1.29, 1.82) is 0 Å². The van der Waals surface area contributed by atoms with Crippen molar-refractivity contribution in [3.8, 4) is 0 Å². The van der Waals surface area contributed by atoms with E-state index in [1.165, 1.54) is 0 Å². The zero-order chi connectivity index (χ0) is 12.1. The molecule has 0 aromatic rings. The normalized spacial score (nSPS) is 32.7. The SMILES string of the molecule is O=S1(=O)CCNC(CCNCC2CCOC2)C1. The first-order valence-corrected chi connectivity index (χ1v) is 8.20. The standard InChI is InChI=1S/C11H22N2O3S/c14-17(15)6-4-13-11(9-17)1-3-12-7-10-2-5-16-8-10/h10-13H,1-9H2. The highest BCUT2D eigenvalue weighted by Crippen LogP contribution is 2.10. The fraction of sp³-hybridized carbons (Fsp3) is 1.00. The van der Waals surface area contributed by atoms with Crippen LogP contribution in [0.15, 0.2) is 0 Å². The van der Waals surface area contributed by atoms with Crippen LogP contribution in [0.25, 0.3) is 0 Å². The van der Waals surface area contributed by atoms with Crippen molar-refractivity contribution in [2.24, 2.45) is 5.92 Å². The first kappa shape index (κ1) is 13.3. The van der Waals surface area contributed by atoms with Crippen molar-refractivity contribution in [3.63, 3.8) is 0 Å². The minimum absolute atomic E-state index is 0.126. The van der Waals surface area contributed by atoms with Crippen LogP contribution in [0.5, 0.6) is 0 Å². The molecule has 2 heterocycles. The molecule has 5 nitrogen and oxygen atoms in total. The molecule has 6 heteroatoms. The molecular formula is C11H22N2O3S. The summed E-state index contributed by atoms with van der Waals surface area (Å²) in [5.74, 6) is 1.22. The number of ether oxygens (including phenoxy) is 1. The minimum atomic E-state index is -2.79. The molecule has 0 radical (unpaired) electrons. The molecule has 0 spiro atoms. The molecular weight excluding hydrogens is 240 g/mol. The molecule has 2 aliphatic heterocycles. The molecule has 0 amide bonds. The Balaban J connectivity index is 1.58. The zero-order valence-electron chi connectivity index (χ0n) is 10.2. The Morgan fingerprint density at radius 2 is 2.29 bits per heavy atom. The number of nitrogens with one attached hydrogen (secondary N) is 2. The van der Waals surface area contributed by atoms with Gasteiger partial charge in [-0.05, 0) is 25.3 Å².